The Morgan fingerprint density at radius 2 is 1.22 bits per heavy atom. The van der Waals surface area contributed by atoms with E-state index in [2.05, 4.69) is 109 Å². The second-order valence-electron chi connectivity index (χ2n) is 17.7. The minimum atomic E-state index is 0. The molecule has 4 heteroatoms. The van der Waals surface area contributed by atoms with Crippen molar-refractivity contribution < 1.29 is 28.0 Å². The van der Waals surface area contributed by atoms with Crippen LogP contribution in [0.4, 0.5) is 0 Å². The van der Waals surface area contributed by atoms with Gasteiger partial charge in [0.25, 0.3) is 0 Å². The molecule has 0 nitrogen and oxygen atoms in total. The van der Waals surface area contributed by atoms with Gasteiger partial charge in [0.1, 0.15) is 0 Å². The van der Waals surface area contributed by atoms with Crippen LogP contribution in [0.1, 0.15) is 133 Å². The third-order valence-corrected chi connectivity index (χ3v) is 15.4. The van der Waals surface area contributed by atoms with Gasteiger partial charge in [-0.15, -0.1) is 0 Å². The van der Waals surface area contributed by atoms with E-state index >= 15 is 0 Å². The largest absolute Gasteiger partial charge is 0 e. The normalized spacial score (nSPS) is 53.7. The Hall–Kier alpha value is 2.63. The summed E-state index contributed by atoms with van der Waals surface area (Å²) in [5, 5.41) is 0. The smallest absolute Gasteiger partial charge is 0 e. The average molecular weight is 809 g/mol. The fraction of sp³-hybridized carbons (Fsp3) is 1.00. The molecule has 0 saturated heterocycles. The quantitative estimate of drug-likeness (QED) is 0.214. The van der Waals surface area contributed by atoms with Crippen molar-refractivity contribution in [2.45, 2.75) is 133 Å². The number of hydrogen-bond donors (Lipinski definition) is 0. The number of rotatable bonds is 0. The summed E-state index contributed by atoms with van der Waals surface area (Å²) in [6, 6.07) is 0. The second-order valence-corrected chi connectivity index (χ2v) is 29.5. The van der Waals surface area contributed by atoms with E-state index in [0.29, 0.717) is 47.4 Å². The van der Waals surface area contributed by atoms with E-state index < -0.39 is 0 Å². The molecule has 212 valence electrons. The topological polar surface area (TPSA) is 0 Å². The first-order valence-electron chi connectivity index (χ1n) is 15.4. The summed E-state index contributed by atoms with van der Waals surface area (Å²) < 4.78 is 0. The Labute approximate surface area is 272 Å². The van der Waals surface area contributed by atoms with Gasteiger partial charge in [-0.25, -0.2) is 0 Å². The van der Waals surface area contributed by atoms with Crippen LogP contribution in [0.5, 0.6) is 0 Å². The maximum atomic E-state index is 2.84. The van der Waals surface area contributed by atoms with Gasteiger partial charge in [-0.1, -0.05) is 69.2 Å². The van der Waals surface area contributed by atoms with E-state index in [9.17, 15) is 0 Å². The Morgan fingerprint density at radius 3 is 1.84 bits per heavy atom. The standard InChI is InChI=1S/C33H56.2HI.2V/c1-21-11-14-30(8)23(29(21,6)7)12-15-31(9)24-13-16-32(10)26(19-27(2,3)20-28(32,4)5)33(24)18-22(33)17-25(30)31;;;;/h21-26H,11-20H2,1-10H3;2*1H;;/q;;;;+2/p-2. The van der Waals surface area contributed by atoms with Crippen LogP contribution in [0, 0.1) is 73.4 Å². The van der Waals surface area contributed by atoms with Gasteiger partial charge < -0.3 is 0 Å². The number of hydrogen-bond acceptors (Lipinski definition) is 0. The van der Waals surface area contributed by atoms with Gasteiger partial charge in [0.15, 0.2) is 0 Å². The molecule has 10 atom stereocenters. The molecule has 0 aromatic carbocycles. The Morgan fingerprint density at radius 1 is 0.676 bits per heavy atom. The summed E-state index contributed by atoms with van der Waals surface area (Å²) >= 11 is 4.74. The molecular formula is C33H56I2V2. The molecule has 0 bridgehead atoms. The molecule has 10 unspecified atom stereocenters. The molecule has 6 saturated carbocycles. The Kier molecular flexibility index (Phi) is 8.87. The van der Waals surface area contributed by atoms with Gasteiger partial charge in [-0.3, -0.25) is 0 Å². The zero-order valence-corrected chi connectivity index (χ0v) is 32.8. The molecule has 0 aromatic heterocycles. The van der Waals surface area contributed by atoms with Crippen molar-refractivity contribution in [1.29, 1.82) is 0 Å². The molecule has 6 rings (SSSR count). The first kappa shape index (κ1) is 32.5. The van der Waals surface area contributed by atoms with Gasteiger partial charge in [0, 0.05) is 18.6 Å². The SMILES string of the molecule is CC1CCC2(C)C(CCC3(C)C2CC2CC24C3CCC2(C)C4CC(C)(C)CC2(C)C)C1(C)C.[I][V][I].[V]. The molecule has 0 heterocycles. The van der Waals surface area contributed by atoms with Crippen molar-refractivity contribution in [3.63, 3.8) is 0 Å². The predicted molar refractivity (Wildman–Crippen MR) is 169 cm³/mol. The molecule has 0 N–H and O–H groups in total. The van der Waals surface area contributed by atoms with Gasteiger partial charge in [-0.05, 0) is 138 Å². The van der Waals surface area contributed by atoms with Gasteiger partial charge >= 0.3 is 49.4 Å². The van der Waals surface area contributed by atoms with Crippen LogP contribution in [0.2, 0.25) is 0 Å². The van der Waals surface area contributed by atoms with Gasteiger partial charge in [0.2, 0.25) is 0 Å². The van der Waals surface area contributed by atoms with Gasteiger partial charge in [0.05, 0.1) is 0 Å². The Balaban J connectivity index is 0.000000765. The van der Waals surface area contributed by atoms with E-state index in [-0.39, 0.29) is 18.6 Å². The second kappa shape index (κ2) is 10.1. The summed E-state index contributed by atoms with van der Waals surface area (Å²) in [6.45, 7) is 26.8. The maximum Gasteiger partial charge on any atom is 0 e. The third-order valence-electron chi connectivity index (χ3n) is 15.4. The van der Waals surface area contributed by atoms with Gasteiger partial charge in [-0.2, -0.15) is 0 Å². The van der Waals surface area contributed by atoms with Crippen LogP contribution in [-0.4, -0.2) is 0 Å². The van der Waals surface area contributed by atoms with Crippen molar-refractivity contribution in [1.82, 2.24) is 0 Å². The molecule has 37 heavy (non-hydrogen) atoms. The van der Waals surface area contributed by atoms with Crippen molar-refractivity contribution in [2.24, 2.45) is 73.4 Å². The van der Waals surface area contributed by atoms with E-state index in [1.54, 1.807) is 19.3 Å². The van der Waals surface area contributed by atoms with Crippen LogP contribution in [-0.2, 0) is 28.0 Å². The molecule has 1 radical (unpaired) electrons. The predicted octanol–water partition coefficient (Wildman–Crippen LogP) is 11.5. The number of halogens is 2. The minimum absolute atomic E-state index is 0. The monoisotopic (exact) mass is 808 g/mol. The summed E-state index contributed by atoms with van der Waals surface area (Å²) in [7, 11) is 0.628. The van der Waals surface area contributed by atoms with E-state index in [1.165, 1.54) is 44.9 Å². The molecule has 0 amide bonds. The molecule has 6 fully saturated rings. The molecule has 0 aromatic rings. The summed E-state index contributed by atoms with van der Waals surface area (Å²) in [6.07, 6.45) is 15.2. The fourth-order valence-corrected chi connectivity index (χ4v) is 13.4. The molecular weight excluding hydrogens is 752 g/mol. The van der Waals surface area contributed by atoms with Crippen LogP contribution < -0.4 is 0 Å². The van der Waals surface area contributed by atoms with E-state index in [0.717, 1.165) is 35.5 Å². The van der Waals surface area contributed by atoms with E-state index in [4.69, 9.17) is 0 Å². The van der Waals surface area contributed by atoms with Crippen LogP contribution in [0.25, 0.3) is 0 Å². The van der Waals surface area contributed by atoms with Crippen LogP contribution in [0.3, 0.4) is 0 Å². The molecule has 6 aliphatic carbocycles. The first-order valence-corrected chi connectivity index (χ1v) is 24.4. The number of fused-ring (bicyclic) bond motifs is 5. The third kappa shape index (κ3) is 4.47. The van der Waals surface area contributed by atoms with Crippen molar-refractivity contribution >= 4 is 40.0 Å². The summed E-state index contributed by atoms with van der Waals surface area (Å²) in [5.74, 6) is 5.85. The molecule has 6 aliphatic rings. The van der Waals surface area contributed by atoms with Crippen molar-refractivity contribution in [2.75, 3.05) is 0 Å². The summed E-state index contributed by atoms with van der Waals surface area (Å²) in [4.78, 5) is 0. The van der Waals surface area contributed by atoms with E-state index in [1.807, 2.05) is 0 Å². The first-order chi connectivity index (χ1) is 16.5. The van der Waals surface area contributed by atoms with Crippen molar-refractivity contribution in [3.05, 3.63) is 0 Å². The average Bonchev–Trinajstić information content (AvgIpc) is 3.45. The van der Waals surface area contributed by atoms with Crippen LogP contribution >= 0.6 is 40.0 Å². The van der Waals surface area contributed by atoms with Crippen LogP contribution in [0.15, 0.2) is 0 Å². The molecule has 1 spiro atoms. The maximum absolute atomic E-state index is 2.84. The fourth-order valence-electron chi connectivity index (χ4n) is 13.4. The Bertz CT molecular complexity index is 884. The zero-order chi connectivity index (χ0) is 26.7. The van der Waals surface area contributed by atoms with Crippen molar-refractivity contribution in [3.8, 4) is 0 Å². The summed E-state index contributed by atoms with van der Waals surface area (Å²) in [5.41, 5.74) is 3.97. The zero-order valence-electron chi connectivity index (χ0n) is 25.7. The minimum Gasteiger partial charge on any atom is 0 e. The molecule has 0 aliphatic heterocycles.